The molecule has 0 spiro atoms. The van der Waals surface area contributed by atoms with Crippen LogP contribution in [0.5, 0.6) is 0 Å². The van der Waals surface area contributed by atoms with Gasteiger partial charge in [0.05, 0.1) is 23.9 Å². The first-order chi connectivity index (χ1) is 11.6. The zero-order chi connectivity index (χ0) is 16.9. The van der Waals surface area contributed by atoms with Gasteiger partial charge in [0.15, 0.2) is 0 Å². The van der Waals surface area contributed by atoms with Gasteiger partial charge in [-0.1, -0.05) is 6.07 Å². The number of benzene rings is 1. The van der Waals surface area contributed by atoms with Crippen molar-refractivity contribution in [1.29, 1.82) is 0 Å². The summed E-state index contributed by atoms with van der Waals surface area (Å²) >= 11 is 1.67. The molecule has 1 aliphatic rings. The molecule has 0 unspecified atom stereocenters. The molecular formula is C18H24FN3OS. The number of aromatic nitrogens is 1. The van der Waals surface area contributed by atoms with Gasteiger partial charge in [-0.2, -0.15) is 0 Å². The molecule has 1 aromatic heterocycles. The predicted octanol–water partition coefficient (Wildman–Crippen LogP) is 3.32. The molecule has 1 saturated heterocycles. The molecule has 0 saturated carbocycles. The van der Waals surface area contributed by atoms with Gasteiger partial charge in [0.25, 0.3) is 0 Å². The summed E-state index contributed by atoms with van der Waals surface area (Å²) < 4.78 is 19.9. The van der Waals surface area contributed by atoms with E-state index >= 15 is 0 Å². The number of anilines is 1. The Labute approximate surface area is 146 Å². The van der Waals surface area contributed by atoms with Crippen LogP contribution >= 0.6 is 11.3 Å². The van der Waals surface area contributed by atoms with Crippen molar-refractivity contribution < 1.29 is 9.13 Å². The molecule has 0 amide bonds. The molecule has 2 aromatic rings. The lowest BCUT2D eigenvalue weighted by molar-refractivity contribution is 0.122. The number of nitrogens with one attached hydrogen (secondary N) is 1. The minimum Gasteiger partial charge on any atom is -0.378 e. The first kappa shape index (κ1) is 17.3. The van der Waals surface area contributed by atoms with Gasteiger partial charge in [0.1, 0.15) is 5.82 Å². The molecule has 6 heteroatoms. The minimum atomic E-state index is -0.150. The highest BCUT2D eigenvalue weighted by Crippen LogP contribution is 2.29. The van der Waals surface area contributed by atoms with E-state index < -0.39 is 0 Å². The van der Waals surface area contributed by atoms with E-state index in [9.17, 15) is 4.39 Å². The van der Waals surface area contributed by atoms with Crippen molar-refractivity contribution in [3.05, 3.63) is 45.7 Å². The maximum atomic E-state index is 14.5. The Balaban J connectivity index is 1.67. The largest absolute Gasteiger partial charge is 0.378 e. The molecule has 1 N–H and O–H groups in total. The number of halogens is 1. The standard InChI is InChI=1S/C18H24FN3OS/c1-13(20-7-6-15-12-24-14(2)21-15)18-16(19)4-3-5-17(18)22-8-10-23-11-9-22/h3-5,12-13,20H,6-11H2,1-2H3/t13-/m1/s1. The van der Waals surface area contributed by atoms with E-state index in [0.29, 0.717) is 13.2 Å². The lowest BCUT2D eigenvalue weighted by Gasteiger charge is -2.32. The van der Waals surface area contributed by atoms with Crippen LogP contribution in [0.2, 0.25) is 0 Å². The maximum absolute atomic E-state index is 14.5. The molecule has 4 nitrogen and oxygen atoms in total. The van der Waals surface area contributed by atoms with Crippen LogP contribution in [0.15, 0.2) is 23.6 Å². The number of morpholine rings is 1. The fourth-order valence-corrected chi connectivity index (χ4v) is 3.72. The Morgan fingerprint density at radius 1 is 1.38 bits per heavy atom. The van der Waals surface area contributed by atoms with E-state index in [1.807, 2.05) is 19.9 Å². The van der Waals surface area contributed by atoms with Gasteiger partial charge in [-0.3, -0.25) is 0 Å². The van der Waals surface area contributed by atoms with E-state index in [1.165, 1.54) is 0 Å². The summed E-state index contributed by atoms with van der Waals surface area (Å²) in [6.07, 6.45) is 0.857. The van der Waals surface area contributed by atoms with Crippen molar-refractivity contribution in [2.24, 2.45) is 0 Å². The van der Waals surface area contributed by atoms with Crippen LogP contribution < -0.4 is 10.2 Å². The summed E-state index contributed by atoms with van der Waals surface area (Å²) in [6.45, 7) is 7.82. The third-order valence-electron chi connectivity index (χ3n) is 4.31. The van der Waals surface area contributed by atoms with Crippen molar-refractivity contribution in [2.45, 2.75) is 26.3 Å². The SMILES string of the molecule is Cc1nc(CCN[C@H](C)c2c(F)cccc2N2CCOCC2)cs1. The molecule has 0 radical (unpaired) electrons. The lowest BCUT2D eigenvalue weighted by Crippen LogP contribution is -2.37. The van der Waals surface area contributed by atoms with E-state index in [0.717, 1.165) is 48.0 Å². The Morgan fingerprint density at radius 3 is 2.88 bits per heavy atom. The van der Waals surface area contributed by atoms with Crippen LogP contribution in [0.4, 0.5) is 10.1 Å². The van der Waals surface area contributed by atoms with Crippen LogP contribution in [0.1, 0.15) is 29.2 Å². The summed E-state index contributed by atoms with van der Waals surface area (Å²) in [4.78, 5) is 6.68. The summed E-state index contributed by atoms with van der Waals surface area (Å²) in [5.74, 6) is -0.150. The molecule has 1 fully saturated rings. The molecular weight excluding hydrogens is 325 g/mol. The van der Waals surface area contributed by atoms with Crippen molar-refractivity contribution in [3.8, 4) is 0 Å². The molecule has 0 bridgehead atoms. The van der Waals surface area contributed by atoms with E-state index in [4.69, 9.17) is 4.74 Å². The van der Waals surface area contributed by atoms with Crippen LogP contribution in [0.25, 0.3) is 0 Å². The van der Waals surface area contributed by atoms with Crippen molar-refractivity contribution in [2.75, 3.05) is 37.7 Å². The van der Waals surface area contributed by atoms with Crippen molar-refractivity contribution in [1.82, 2.24) is 10.3 Å². The van der Waals surface area contributed by atoms with E-state index in [2.05, 4.69) is 20.6 Å². The molecule has 24 heavy (non-hydrogen) atoms. The van der Waals surface area contributed by atoms with Crippen molar-refractivity contribution in [3.63, 3.8) is 0 Å². The zero-order valence-corrected chi connectivity index (χ0v) is 15.0. The first-order valence-electron chi connectivity index (χ1n) is 8.40. The van der Waals surface area contributed by atoms with Crippen molar-refractivity contribution >= 4 is 17.0 Å². The Hall–Kier alpha value is -1.50. The van der Waals surface area contributed by atoms with Gasteiger partial charge < -0.3 is 15.0 Å². The van der Waals surface area contributed by atoms with Gasteiger partial charge in [-0.25, -0.2) is 9.37 Å². The van der Waals surface area contributed by atoms with E-state index in [1.54, 1.807) is 23.5 Å². The third kappa shape index (κ3) is 4.12. The zero-order valence-electron chi connectivity index (χ0n) is 14.2. The Morgan fingerprint density at radius 2 is 2.17 bits per heavy atom. The molecule has 130 valence electrons. The van der Waals surface area contributed by atoms with Crippen LogP contribution in [0, 0.1) is 12.7 Å². The van der Waals surface area contributed by atoms with Gasteiger partial charge in [0.2, 0.25) is 0 Å². The normalized spacial score (nSPS) is 16.4. The number of aryl methyl sites for hydroxylation is 1. The second-order valence-electron chi connectivity index (χ2n) is 6.06. The lowest BCUT2D eigenvalue weighted by atomic mass is 10.0. The number of thiazole rings is 1. The quantitative estimate of drug-likeness (QED) is 0.868. The number of nitrogens with zero attached hydrogens (tertiary/aromatic N) is 2. The number of ether oxygens (including phenoxy) is 1. The second-order valence-corrected chi connectivity index (χ2v) is 7.12. The first-order valence-corrected chi connectivity index (χ1v) is 9.28. The summed E-state index contributed by atoms with van der Waals surface area (Å²) in [6, 6.07) is 5.28. The number of rotatable bonds is 6. The average Bonchev–Trinajstić information content (AvgIpc) is 3.00. The summed E-state index contributed by atoms with van der Waals surface area (Å²) in [7, 11) is 0. The highest BCUT2D eigenvalue weighted by atomic mass is 32.1. The van der Waals surface area contributed by atoms with Crippen LogP contribution in [-0.4, -0.2) is 37.8 Å². The Kier molecular flexibility index (Phi) is 5.81. The molecule has 0 aliphatic carbocycles. The summed E-state index contributed by atoms with van der Waals surface area (Å²) in [5.41, 5.74) is 2.82. The fraction of sp³-hybridized carbons (Fsp3) is 0.500. The maximum Gasteiger partial charge on any atom is 0.130 e. The molecule has 3 rings (SSSR count). The topological polar surface area (TPSA) is 37.4 Å². The smallest absolute Gasteiger partial charge is 0.130 e. The van der Waals surface area contributed by atoms with Crippen LogP contribution in [0.3, 0.4) is 0 Å². The fourth-order valence-electron chi connectivity index (χ4n) is 3.08. The Bertz CT molecular complexity index is 670. The molecule has 1 aliphatic heterocycles. The number of hydrogen-bond donors (Lipinski definition) is 1. The molecule has 1 aromatic carbocycles. The highest BCUT2D eigenvalue weighted by Gasteiger charge is 2.21. The minimum absolute atomic E-state index is 0.0521. The third-order valence-corrected chi connectivity index (χ3v) is 5.14. The number of hydrogen-bond acceptors (Lipinski definition) is 5. The average molecular weight is 349 g/mol. The molecule has 1 atom stereocenters. The highest BCUT2D eigenvalue weighted by molar-refractivity contribution is 7.09. The second kappa shape index (κ2) is 8.05. The summed E-state index contributed by atoms with van der Waals surface area (Å²) in [5, 5.41) is 6.62. The monoisotopic (exact) mass is 349 g/mol. The van der Waals surface area contributed by atoms with Gasteiger partial charge in [-0.05, 0) is 26.0 Å². The molecule has 2 heterocycles. The van der Waals surface area contributed by atoms with Gasteiger partial charge in [-0.15, -0.1) is 11.3 Å². The van der Waals surface area contributed by atoms with Crippen LogP contribution in [-0.2, 0) is 11.2 Å². The van der Waals surface area contributed by atoms with E-state index in [-0.39, 0.29) is 11.9 Å². The van der Waals surface area contributed by atoms with Gasteiger partial charge >= 0.3 is 0 Å². The van der Waals surface area contributed by atoms with Gasteiger partial charge in [0, 0.05) is 48.7 Å². The predicted molar refractivity (Wildman–Crippen MR) is 96.4 cm³/mol.